The number of nitrogens with two attached hydrogens (primary N) is 1. The summed E-state index contributed by atoms with van der Waals surface area (Å²) in [6, 6.07) is 20.9. The van der Waals surface area contributed by atoms with Crippen LogP contribution in [0.4, 0.5) is 56.5 Å². The number of primary amides is 1. The highest BCUT2D eigenvalue weighted by Crippen LogP contribution is 2.38. The summed E-state index contributed by atoms with van der Waals surface area (Å²) in [4.78, 5) is 35.2. The van der Waals surface area contributed by atoms with E-state index in [1.807, 2.05) is 0 Å². The fourth-order valence-corrected chi connectivity index (χ4v) is 8.32. The van der Waals surface area contributed by atoms with E-state index in [2.05, 4.69) is 60.7 Å². The zero-order valence-electron chi connectivity index (χ0n) is 34.1. The molecule has 31 heteroatoms. The highest BCUT2D eigenvalue weighted by Gasteiger charge is 2.24. The minimum absolute atomic E-state index is 0.0606. The van der Waals surface area contributed by atoms with Crippen LogP contribution in [-0.4, -0.2) is 76.2 Å². The van der Waals surface area contributed by atoms with Crippen molar-refractivity contribution in [1.82, 2.24) is 15.0 Å². The number of amides is 2. The van der Waals surface area contributed by atoms with Crippen molar-refractivity contribution in [3.63, 3.8) is 0 Å². The Morgan fingerprint density at radius 2 is 1.29 bits per heavy atom. The molecule has 0 aliphatic heterocycles. The molecule has 69 heavy (non-hydrogen) atoms. The number of carbonyl (C=O) groups is 2. The van der Waals surface area contributed by atoms with Crippen LogP contribution in [0.1, 0.15) is 10.4 Å². The second kappa shape index (κ2) is 20.1. The van der Waals surface area contributed by atoms with E-state index in [-0.39, 0.29) is 61.0 Å². The van der Waals surface area contributed by atoms with Crippen LogP contribution in [0.15, 0.2) is 156 Å². The number of urea groups is 1. The Morgan fingerprint density at radius 3 is 1.88 bits per heavy atom. The van der Waals surface area contributed by atoms with E-state index in [4.69, 9.17) is 11.0 Å². The predicted molar refractivity (Wildman–Crippen MR) is 240 cm³/mol. The van der Waals surface area contributed by atoms with Crippen molar-refractivity contribution >= 4 is 117 Å². The molecule has 2 amide bonds. The van der Waals surface area contributed by atoms with E-state index in [9.17, 15) is 53.6 Å². The van der Waals surface area contributed by atoms with Gasteiger partial charge in [0.1, 0.15) is 21.2 Å². The zero-order valence-corrected chi connectivity index (χ0v) is 37.3. The molecule has 5 aromatic carbocycles. The molecule has 0 aliphatic rings. The number of carboxylic acid groups (broad SMARTS) is 1. The largest absolute Gasteiger partial charge is 0.478 e. The first-order chi connectivity index (χ1) is 32.6. The van der Waals surface area contributed by atoms with Gasteiger partial charge in [-0.1, -0.05) is 5.04 Å². The van der Waals surface area contributed by atoms with Gasteiger partial charge in [-0.25, -0.2) is 19.4 Å². The van der Waals surface area contributed by atoms with Gasteiger partial charge in [0.05, 0.1) is 52.0 Å². The third-order valence-electron chi connectivity index (χ3n) is 8.90. The Labute approximate surface area is 391 Å². The van der Waals surface area contributed by atoms with Gasteiger partial charge < -0.3 is 26.8 Å². The molecule has 2 heterocycles. The summed E-state index contributed by atoms with van der Waals surface area (Å²) < 4.78 is 107. The molecule has 0 bridgehead atoms. The fraction of sp³-hybridized carbons (Fsp3) is 0. The van der Waals surface area contributed by atoms with Gasteiger partial charge >= 0.3 is 29.8 Å². The molecule has 0 saturated heterocycles. The quantitative estimate of drug-likeness (QED) is 0.0111. The van der Waals surface area contributed by atoms with E-state index in [0.29, 0.717) is 29.1 Å². The summed E-state index contributed by atoms with van der Waals surface area (Å²) >= 11 is 0.295. The first kappa shape index (κ1) is 48.9. The number of carboxylic acids is 1. The highest BCUT2D eigenvalue weighted by atomic mass is 32.2. The van der Waals surface area contributed by atoms with Crippen molar-refractivity contribution in [3.05, 3.63) is 121 Å². The van der Waals surface area contributed by atoms with Crippen molar-refractivity contribution in [2.24, 2.45) is 26.2 Å². The van der Waals surface area contributed by atoms with Crippen LogP contribution in [-0.2, 0) is 39.7 Å². The average Bonchev–Trinajstić information content (AvgIpc) is 3.29. The predicted octanol–water partition coefficient (Wildman–Crippen LogP) is 6.98. The zero-order chi connectivity index (χ0) is 49.7. The van der Waals surface area contributed by atoms with Gasteiger partial charge in [-0.05, 0) is 118 Å². The first-order valence-electron chi connectivity index (χ1n) is 18.6. The molecular formula is C38H29N12O15S4+. The number of anilines is 5. The Kier molecular flexibility index (Phi) is 14.2. The van der Waals surface area contributed by atoms with Crippen molar-refractivity contribution < 1.29 is 72.8 Å². The molecular weight excluding hydrogens is 993 g/mol. The minimum Gasteiger partial charge on any atom is -0.478 e. The number of hydrogen-bond acceptors (Lipinski definition) is 21. The Morgan fingerprint density at radius 1 is 0.681 bits per heavy atom. The van der Waals surface area contributed by atoms with Gasteiger partial charge in [0, 0.05) is 21.7 Å². The average molecular weight is 1020 g/mol. The second-order valence-electron chi connectivity index (χ2n) is 13.6. The lowest BCUT2D eigenvalue weighted by Gasteiger charge is -2.11. The number of azo groups is 2. The maximum absolute atomic E-state index is 12.5. The molecule has 0 radical (unpaired) electrons. The molecule has 10 N–H and O–H groups in total. The number of benzene rings is 5. The molecule has 0 saturated carbocycles. The van der Waals surface area contributed by atoms with E-state index in [1.54, 1.807) is 24.3 Å². The molecule has 0 unspecified atom stereocenters. The van der Waals surface area contributed by atoms with Crippen molar-refractivity contribution in [3.8, 4) is 5.95 Å². The van der Waals surface area contributed by atoms with E-state index < -0.39 is 57.8 Å². The van der Waals surface area contributed by atoms with Crippen LogP contribution in [0, 0.1) is 0 Å². The number of aromatic nitrogens is 4. The molecule has 354 valence electrons. The number of carbonyl (C=O) groups excluding carboxylic acids is 1. The van der Waals surface area contributed by atoms with Gasteiger partial charge in [0.25, 0.3) is 30.4 Å². The molecule has 27 nitrogen and oxygen atoms in total. The summed E-state index contributed by atoms with van der Waals surface area (Å²) in [5.41, 5.74) is 5.70. The SMILES string of the molecule is NC(=O)Nc1cc(Nc2nc(Nc3ccc(N=Nc4ccc(S(=O)(=O)O)cc4)cc3)nc(-[n+]3cccc(C(=O)O)c3)n2)ccc1N=Nc1cc2c(S(=O)(=O)O)cc(SOOO)cc2cc1S(=O)(=O)O. The van der Waals surface area contributed by atoms with Crippen LogP contribution < -0.4 is 26.3 Å². The number of hydrogen-bond donors (Lipinski definition) is 9. The summed E-state index contributed by atoms with van der Waals surface area (Å²) in [5, 5.41) is 45.6. The van der Waals surface area contributed by atoms with Crippen LogP contribution >= 0.6 is 12.0 Å². The Bertz CT molecular complexity index is 3570. The molecule has 2 aromatic heterocycles. The molecule has 7 aromatic rings. The van der Waals surface area contributed by atoms with Crippen LogP contribution in [0.25, 0.3) is 16.7 Å². The number of rotatable bonds is 17. The molecule has 0 spiro atoms. The number of fused-ring (bicyclic) bond motifs is 1. The second-order valence-corrected chi connectivity index (χ2v) is 18.6. The molecule has 0 aliphatic carbocycles. The third-order valence-corrected chi connectivity index (χ3v) is 12.1. The summed E-state index contributed by atoms with van der Waals surface area (Å²) in [6.07, 6.45) is 2.73. The maximum atomic E-state index is 12.5. The Balaban J connectivity index is 1.21. The summed E-state index contributed by atoms with van der Waals surface area (Å²) in [6.45, 7) is 0. The van der Waals surface area contributed by atoms with E-state index in [1.165, 1.54) is 77.6 Å². The van der Waals surface area contributed by atoms with Crippen molar-refractivity contribution in [2.45, 2.75) is 19.6 Å². The van der Waals surface area contributed by atoms with E-state index in [0.717, 1.165) is 18.2 Å². The molecule has 7 rings (SSSR count). The topological polar surface area (TPSA) is 410 Å². The summed E-state index contributed by atoms with van der Waals surface area (Å²) in [5.74, 6) is -1.51. The Hall–Kier alpha value is -7.98. The van der Waals surface area contributed by atoms with Crippen molar-refractivity contribution in [1.29, 1.82) is 0 Å². The highest BCUT2D eigenvalue weighted by molar-refractivity contribution is 7.94. The minimum atomic E-state index is -5.10. The standard InChI is InChI=1S/C38H28N12O15S4/c39-35(53)42-30-16-25(9-12-29(30)48-49-31-18-28-21(15-33(31)69(61,62)63)14-26(66-65-64-54)17-32(28)68(58,59)60)41-37-43-36(44-38(45-37)50-13-1-2-20(19-50)34(51)52)40-22-3-5-23(6-4-22)46-47-24-7-10-27(11-8-24)67(55,56)57/h1-19H,(H9-,39,40,41,42,43,44,45,47,49,51,52,53,54,55,56,57,58,59,60,61,62,63)/p+1. The monoisotopic (exact) mass is 1020 g/mol. The van der Waals surface area contributed by atoms with Crippen LogP contribution in [0.5, 0.6) is 0 Å². The van der Waals surface area contributed by atoms with Gasteiger partial charge in [-0.2, -0.15) is 35.5 Å². The number of pyridine rings is 1. The van der Waals surface area contributed by atoms with Gasteiger partial charge in [0.2, 0.25) is 0 Å². The number of nitrogens with zero attached hydrogens (tertiary/aromatic N) is 8. The molecule has 0 atom stereocenters. The normalized spacial score (nSPS) is 12.1. The van der Waals surface area contributed by atoms with Gasteiger partial charge in [0.15, 0.2) is 0 Å². The first-order valence-corrected chi connectivity index (χ1v) is 23.7. The lowest BCUT2D eigenvalue weighted by atomic mass is 10.1. The summed E-state index contributed by atoms with van der Waals surface area (Å²) in [7, 11) is -14.5. The molecule has 0 fully saturated rings. The van der Waals surface area contributed by atoms with Crippen LogP contribution in [0.2, 0.25) is 0 Å². The lowest BCUT2D eigenvalue weighted by molar-refractivity contribution is -0.603. The third kappa shape index (κ3) is 12.5. The van der Waals surface area contributed by atoms with Crippen LogP contribution in [0.3, 0.4) is 0 Å². The smallest absolute Gasteiger partial charge is 0.444 e. The lowest BCUT2D eigenvalue weighted by Crippen LogP contribution is -2.34. The van der Waals surface area contributed by atoms with Gasteiger partial charge in [-0.3, -0.25) is 13.7 Å². The van der Waals surface area contributed by atoms with Crippen molar-refractivity contribution in [2.75, 3.05) is 16.0 Å². The maximum Gasteiger partial charge on any atom is 0.444 e. The van der Waals surface area contributed by atoms with E-state index >= 15 is 0 Å². The van der Waals surface area contributed by atoms with Gasteiger partial charge in [-0.15, -0.1) is 19.5 Å². The fourth-order valence-electron chi connectivity index (χ4n) is 5.95. The number of aromatic carboxylic acids is 1. The number of nitrogens with one attached hydrogen (secondary N) is 3.